The molecule has 1 aromatic carbocycles. The molecule has 0 radical (unpaired) electrons. The van der Waals surface area contributed by atoms with Crippen molar-refractivity contribution in [1.82, 2.24) is 5.32 Å². The van der Waals surface area contributed by atoms with E-state index in [-0.39, 0.29) is 17.2 Å². The van der Waals surface area contributed by atoms with E-state index in [1.165, 1.54) is 6.92 Å². The van der Waals surface area contributed by atoms with E-state index in [0.29, 0.717) is 12.1 Å². The normalized spacial score (nSPS) is 19.1. The smallest absolute Gasteiger partial charge is 0.241 e. The van der Waals surface area contributed by atoms with Gasteiger partial charge in [-0.3, -0.25) is 9.59 Å². The van der Waals surface area contributed by atoms with Crippen molar-refractivity contribution in [3.8, 4) is 0 Å². The molecule has 1 N–H and O–H groups in total. The molecule has 1 amide bonds. The Balaban J connectivity index is 2.44. The number of anilines is 1. The lowest BCUT2D eigenvalue weighted by atomic mass is 9.97. The first kappa shape index (κ1) is 13.7. The number of amides is 1. The van der Waals surface area contributed by atoms with E-state index in [4.69, 9.17) is 0 Å². The third-order valence-electron chi connectivity index (χ3n) is 3.56. The Hall–Kier alpha value is -1.68. The molecule has 1 fully saturated rings. The molecule has 0 aliphatic carbocycles. The van der Waals surface area contributed by atoms with Crippen LogP contribution in [0.15, 0.2) is 24.3 Å². The number of nitrogens with one attached hydrogen (secondary N) is 1. The predicted molar refractivity (Wildman–Crippen MR) is 75.5 cm³/mol. The van der Waals surface area contributed by atoms with Crippen LogP contribution in [0.1, 0.15) is 37.6 Å². The molecule has 0 saturated carbocycles. The summed E-state index contributed by atoms with van der Waals surface area (Å²) in [4.78, 5) is 25.6. The first-order chi connectivity index (χ1) is 8.92. The van der Waals surface area contributed by atoms with E-state index in [1.807, 2.05) is 12.1 Å². The van der Waals surface area contributed by atoms with E-state index >= 15 is 0 Å². The molecule has 1 heterocycles. The molecule has 4 nitrogen and oxygen atoms in total. The first-order valence-electron chi connectivity index (χ1n) is 6.56. The predicted octanol–water partition coefficient (Wildman–Crippen LogP) is 1.99. The molecule has 1 aliphatic heterocycles. The van der Waals surface area contributed by atoms with Crippen molar-refractivity contribution in [2.45, 2.75) is 32.7 Å². The summed E-state index contributed by atoms with van der Waals surface area (Å²) in [6.45, 7) is 6.81. The highest BCUT2D eigenvalue weighted by atomic mass is 16.2. The summed E-state index contributed by atoms with van der Waals surface area (Å²) in [6, 6.07) is 7.29. The van der Waals surface area contributed by atoms with Gasteiger partial charge in [0.2, 0.25) is 5.91 Å². The van der Waals surface area contributed by atoms with Crippen molar-refractivity contribution in [1.29, 1.82) is 0 Å². The lowest BCUT2D eigenvalue weighted by Gasteiger charge is -2.37. The zero-order valence-electron chi connectivity index (χ0n) is 11.7. The topological polar surface area (TPSA) is 49.4 Å². The first-order valence-corrected chi connectivity index (χ1v) is 6.56. The van der Waals surface area contributed by atoms with Gasteiger partial charge in [-0.25, -0.2) is 0 Å². The van der Waals surface area contributed by atoms with Crippen molar-refractivity contribution in [2.24, 2.45) is 0 Å². The van der Waals surface area contributed by atoms with E-state index in [9.17, 15) is 9.59 Å². The molecule has 1 saturated heterocycles. The van der Waals surface area contributed by atoms with Crippen LogP contribution in [0.25, 0.3) is 0 Å². The highest BCUT2D eigenvalue weighted by Crippen LogP contribution is 2.28. The number of rotatable bonds is 2. The Kier molecular flexibility index (Phi) is 3.71. The largest absolute Gasteiger partial charge is 0.308 e. The minimum absolute atomic E-state index is 0.0139. The van der Waals surface area contributed by atoms with Gasteiger partial charge in [-0.15, -0.1) is 0 Å². The van der Waals surface area contributed by atoms with Crippen LogP contribution >= 0.6 is 0 Å². The maximum atomic E-state index is 12.3. The molecule has 0 spiro atoms. The van der Waals surface area contributed by atoms with Crippen molar-refractivity contribution in [3.63, 3.8) is 0 Å². The Labute approximate surface area is 113 Å². The van der Waals surface area contributed by atoms with Gasteiger partial charge in [0, 0.05) is 16.8 Å². The van der Waals surface area contributed by atoms with Gasteiger partial charge in [0.1, 0.15) is 0 Å². The Morgan fingerprint density at radius 1 is 1.37 bits per heavy atom. The number of carbonyl (C=O) groups is 2. The number of hydrogen-bond donors (Lipinski definition) is 1. The van der Waals surface area contributed by atoms with Crippen LogP contribution in [-0.2, 0) is 4.79 Å². The Bertz CT molecular complexity index is 509. The highest BCUT2D eigenvalue weighted by molar-refractivity contribution is 5.99. The number of carbonyl (C=O) groups excluding carboxylic acids is 2. The fraction of sp³-hybridized carbons (Fsp3) is 0.467. The van der Waals surface area contributed by atoms with E-state index in [0.717, 1.165) is 18.7 Å². The molecule has 1 aliphatic rings. The van der Waals surface area contributed by atoms with Gasteiger partial charge in [-0.1, -0.05) is 12.1 Å². The third kappa shape index (κ3) is 2.84. The maximum absolute atomic E-state index is 12.3. The molecule has 0 aromatic heterocycles. The molecule has 2 rings (SSSR count). The molecule has 102 valence electrons. The molecular formula is C15H20N2O2. The average molecular weight is 260 g/mol. The number of hydrogen-bond acceptors (Lipinski definition) is 3. The second-order valence-corrected chi connectivity index (χ2v) is 5.57. The van der Waals surface area contributed by atoms with Crippen LogP contribution in [0.3, 0.4) is 0 Å². The molecule has 1 aromatic rings. The van der Waals surface area contributed by atoms with Gasteiger partial charge in [0.25, 0.3) is 0 Å². The SMILES string of the molecule is CC(=O)c1cccc(N2C(=O)CNCCC2(C)C)c1. The number of nitrogens with zero attached hydrogens (tertiary/aromatic N) is 1. The third-order valence-corrected chi connectivity index (χ3v) is 3.56. The van der Waals surface area contributed by atoms with Gasteiger partial charge in [0.15, 0.2) is 5.78 Å². The molecule has 0 atom stereocenters. The average Bonchev–Trinajstić information content (AvgIpc) is 2.47. The van der Waals surface area contributed by atoms with Gasteiger partial charge in [0.05, 0.1) is 6.54 Å². The maximum Gasteiger partial charge on any atom is 0.241 e. The number of ketones is 1. The van der Waals surface area contributed by atoms with Crippen LogP contribution in [0.2, 0.25) is 0 Å². The summed E-state index contributed by atoms with van der Waals surface area (Å²) in [6.07, 6.45) is 0.878. The summed E-state index contributed by atoms with van der Waals surface area (Å²) in [5, 5.41) is 3.13. The molecule has 4 heteroatoms. The van der Waals surface area contributed by atoms with Crippen LogP contribution in [0.4, 0.5) is 5.69 Å². The van der Waals surface area contributed by atoms with Gasteiger partial charge in [-0.2, -0.15) is 0 Å². The van der Waals surface area contributed by atoms with Crippen molar-refractivity contribution >= 4 is 17.4 Å². The minimum Gasteiger partial charge on any atom is -0.308 e. The molecular weight excluding hydrogens is 240 g/mol. The van der Waals surface area contributed by atoms with E-state index in [2.05, 4.69) is 19.2 Å². The van der Waals surface area contributed by atoms with Gasteiger partial charge < -0.3 is 10.2 Å². The summed E-state index contributed by atoms with van der Waals surface area (Å²) in [7, 11) is 0. The number of benzene rings is 1. The van der Waals surface area contributed by atoms with E-state index in [1.54, 1.807) is 17.0 Å². The van der Waals surface area contributed by atoms with Crippen LogP contribution < -0.4 is 10.2 Å². The second kappa shape index (κ2) is 5.13. The summed E-state index contributed by atoms with van der Waals surface area (Å²) in [5.41, 5.74) is 1.18. The summed E-state index contributed by atoms with van der Waals surface area (Å²) >= 11 is 0. The molecule has 0 unspecified atom stereocenters. The zero-order valence-corrected chi connectivity index (χ0v) is 11.7. The highest BCUT2D eigenvalue weighted by Gasteiger charge is 2.33. The monoisotopic (exact) mass is 260 g/mol. The zero-order chi connectivity index (χ0) is 14.0. The summed E-state index contributed by atoms with van der Waals surface area (Å²) in [5.74, 6) is 0.0586. The molecule has 19 heavy (non-hydrogen) atoms. The fourth-order valence-electron chi connectivity index (χ4n) is 2.48. The lowest BCUT2D eigenvalue weighted by molar-refractivity contribution is -0.118. The Morgan fingerprint density at radius 2 is 2.11 bits per heavy atom. The number of Topliss-reactive ketones (excluding diaryl/α,β-unsaturated/α-hetero) is 1. The van der Waals surface area contributed by atoms with Crippen molar-refractivity contribution in [2.75, 3.05) is 18.0 Å². The van der Waals surface area contributed by atoms with Crippen LogP contribution in [0, 0.1) is 0 Å². The Morgan fingerprint density at radius 3 is 2.79 bits per heavy atom. The van der Waals surface area contributed by atoms with Crippen LogP contribution in [0.5, 0.6) is 0 Å². The minimum atomic E-state index is -0.254. The van der Waals surface area contributed by atoms with Gasteiger partial charge in [-0.05, 0) is 45.9 Å². The van der Waals surface area contributed by atoms with Gasteiger partial charge >= 0.3 is 0 Å². The molecule has 0 bridgehead atoms. The standard InChI is InChI=1S/C15H20N2O2/c1-11(18)12-5-4-6-13(9-12)17-14(19)10-16-8-7-15(17,2)3/h4-6,9,16H,7-8,10H2,1-3H3. The fourth-order valence-corrected chi connectivity index (χ4v) is 2.48. The van der Waals surface area contributed by atoms with Crippen molar-refractivity contribution in [3.05, 3.63) is 29.8 Å². The van der Waals surface area contributed by atoms with Crippen LogP contribution in [-0.4, -0.2) is 30.3 Å². The quantitative estimate of drug-likeness (QED) is 0.827. The second-order valence-electron chi connectivity index (χ2n) is 5.57. The lowest BCUT2D eigenvalue weighted by Crippen LogP contribution is -2.48. The summed E-state index contributed by atoms with van der Waals surface area (Å²) < 4.78 is 0. The van der Waals surface area contributed by atoms with Crippen molar-refractivity contribution < 1.29 is 9.59 Å². The van der Waals surface area contributed by atoms with E-state index < -0.39 is 0 Å².